The molecule has 0 radical (unpaired) electrons. The number of likely N-dealkylation sites (tertiary alicyclic amines) is 1. The first-order valence-corrected chi connectivity index (χ1v) is 14.8. The number of aliphatic hydroxyl groups excluding tert-OH is 1. The van der Waals surface area contributed by atoms with Gasteiger partial charge in [0.25, 0.3) is 5.91 Å². The fourth-order valence-electron chi connectivity index (χ4n) is 5.47. The lowest BCUT2D eigenvalue weighted by atomic mass is 10.1. The number of aliphatic hydroxyl groups is 1. The summed E-state index contributed by atoms with van der Waals surface area (Å²) in [7, 11) is 3.30. The van der Waals surface area contributed by atoms with Crippen molar-refractivity contribution in [2.45, 2.75) is 31.8 Å². The fourth-order valence-corrected chi connectivity index (χ4v) is 5.47. The highest BCUT2D eigenvalue weighted by Gasteiger charge is 2.17. The molecule has 0 bridgehead atoms. The predicted molar refractivity (Wildman–Crippen MR) is 169 cm³/mol. The van der Waals surface area contributed by atoms with Crippen molar-refractivity contribution in [3.05, 3.63) is 84.2 Å². The van der Waals surface area contributed by atoms with E-state index in [0.717, 1.165) is 67.6 Å². The van der Waals surface area contributed by atoms with Gasteiger partial charge < -0.3 is 30.3 Å². The van der Waals surface area contributed by atoms with E-state index in [1.807, 2.05) is 54.6 Å². The third-order valence-electron chi connectivity index (χ3n) is 7.94. The Balaban J connectivity index is 1.28. The smallest absolute Gasteiger partial charge is 0.325 e. The molecule has 10 heteroatoms. The van der Waals surface area contributed by atoms with Gasteiger partial charge in [-0.15, -0.1) is 0 Å². The molecule has 2 aromatic carbocycles. The quantitative estimate of drug-likeness (QED) is 0.220. The van der Waals surface area contributed by atoms with Crippen molar-refractivity contribution in [3.63, 3.8) is 0 Å². The molecule has 10 nitrogen and oxygen atoms in total. The van der Waals surface area contributed by atoms with Crippen LogP contribution < -0.4 is 15.5 Å². The largest absolute Gasteiger partial charge is 0.393 e. The third kappa shape index (κ3) is 7.59. The van der Waals surface area contributed by atoms with Crippen LogP contribution in [0.3, 0.4) is 0 Å². The summed E-state index contributed by atoms with van der Waals surface area (Å²) >= 11 is 0. The summed E-state index contributed by atoms with van der Waals surface area (Å²) in [4.78, 5) is 34.3. The molecule has 0 atom stereocenters. The lowest BCUT2D eigenvalue weighted by Gasteiger charge is -2.29. The second kappa shape index (κ2) is 14.3. The normalized spacial score (nSPS) is 14.1. The van der Waals surface area contributed by atoms with E-state index in [1.165, 1.54) is 5.56 Å². The highest BCUT2D eigenvalue weighted by atomic mass is 16.5. The van der Waals surface area contributed by atoms with Crippen molar-refractivity contribution in [2.24, 2.45) is 0 Å². The lowest BCUT2D eigenvalue weighted by molar-refractivity contribution is 0.0832. The molecule has 43 heavy (non-hydrogen) atoms. The second-order valence-corrected chi connectivity index (χ2v) is 10.9. The number of hydrogen-bond donors (Lipinski definition) is 3. The van der Waals surface area contributed by atoms with Gasteiger partial charge in [-0.05, 0) is 73.7 Å². The highest BCUT2D eigenvalue weighted by Crippen LogP contribution is 2.30. The number of methoxy groups -OCH3 is 1. The van der Waals surface area contributed by atoms with Crippen LogP contribution in [0.1, 0.15) is 35.2 Å². The van der Waals surface area contributed by atoms with Gasteiger partial charge in [0.15, 0.2) is 0 Å². The van der Waals surface area contributed by atoms with E-state index in [2.05, 4.69) is 31.5 Å². The van der Waals surface area contributed by atoms with Crippen molar-refractivity contribution >= 4 is 40.0 Å². The molecule has 0 saturated carbocycles. The number of nitrogens with one attached hydrogen (secondary N) is 2. The Morgan fingerprint density at radius 1 is 1.05 bits per heavy atom. The van der Waals surface area contributed by atoms with Crippen LogP contribution in [0, 0.1) is 0 Å². The molecule has 0 spiro atoms. The Morgan fingerprint density at radius 3 is 2.56 bits per heavy atom. The minimum absolute atomic E-state index is 0.165. The van der Waals surface area contributed by atoms with Gasteiger partial charge in [-0.2, -0.15) is 0 Å². The monoisotopic (exact) mass is 584 g/mol. The third-order valence-corrected chi connectivity index (χ3v) is 7.94. The van der Waals surface area contributed by atoms with E-state index in [4.69, 9.17) is 4.74 Å². The van der Waals surface area contributed by atoms with Crippen molar-refractivity contribution in [1.29, 1.82) is 0 Å². The van der Waals surface area contributed by atoms with Crippen LogP contribution in [-0.4, -0.2) is 84.5 Å². The number of fused-ring (bicyclic) bond motifs is 1. The Morgan fingerprint density at radius 2 is 1.81 bits per heavy atom. The predicted octanol–water partition coefficient (Wildman–Crippen LogP) is 4.65. The Kier molecular flexibility index (Phi) is 10.0. The van der Waals surface area contributed by atoms with Gasteiger partial charge in [-0.1, -0.05) is 12.1 Å². The molecule has 5 rings (SSSR count). The summed E-state index contributed by atoms with van der Waals surface area (Å²) in [5.74, 6) is 0.242. The maximum atomic E-state index is 13.1. The van der Waals surface area contributed by atoms with Crippen LogP contribution in [0.2, 0.25) is 0 Å². The standard InChI is InChI=1S/C33H40N6O4/c1-34-33(42)39-20-12-26-22-27(8-9-30(26)39)38(16-3-21-43-2)28-10-15-35-31(23-28)36-32(41)25-6-4-24(5-7-25)11-17-37-18-13-29(40)14-19-37/h4-10,12,15,20,22-23,29,40H,3,11,13-14,16-19,21H2,1-2H3,(H,34,42)(H,35,36,41). The van der Waals surface area contributed by atoms with E-state index in [-0.39, 0.29) is 18.0 Å². The molecule has 0 unspecified atom stereocenters. The van der Waals surface area contributed by atoms with Gasteiger partial charge in [0, 0.05) is 87.7 Å². The summed E-state index contributed by atoms with van der Waals surface area (Å²) in [6.07, 6.45) is 6.66. The molecule has 3 heterocycles. The molecule has 1 saturated heterocycles. The average molecular weight is 585 g/mol. The number of amides is 2. The summed E-state index contributed by atoms with van der Waals surface area (Å²) in [5.41, 5.74) is 4.40. The van der Waals surface area contributed by atoms with E-state index in [0.29, 0.717) is 24.5 Å². The van der Waals surface area contributed by atoms with Crippen molar-refractivity contribution in [1.82, 2.24) is 19.8 Å². The number of carbonyl (C=O) groups excluding carboxylic acids is 2. The lowest BCUT2D eigenvalue weighted by Crippen LogP contribution is -2.37. The minimum atomic E-state index is -0.218. The summed E-state index contributed by atoms with van der Waals surface area (Å²) < 4.78 is 6.89. The Labute approximate surface area is 252 Å². The topological polar surface area (TPSA) is 112 Å². The number of hydrogen-bond acceptors (Lipinski definition) is 7. The number of ether oxygens (including phenoxy) is 1. The van der Waals surface area contributed by atoms with E-state index in [1.54, 1.807) is 31.1 Å². The van der Waals surface area contributed by atoms with Crippen LogP contribution in [0.15, 0.2) is 73.1 Å². The van der Waals surface area contributed by atoms with Gasteiger partial charge in [0.05, 0.1) is 11.6 Å². The molecule has 1 aliphatic rings. The molecule has 4 aromatic rings. The molecule has 1 aliphatic heterocycles. The molecule has 226 valence electrons. The van der Waals surface area contributed by atoms with E-state index in [9.17, 15) is 14.7 Å². The number of nitrogens with zero attached hydrogens (tertiary/aromatic N) is 4. The van der Waals surface area contributed by atoms with Crippen molar-refractivity contribution < 1.29 is 19.4 Å². The van der Waals surface area contributed by atoms with Gasteiger partial charge >= 0.3 is 6.03 Å². The van der Waals surface area contributed by atoms with Gasteiger partial charge in [0.1, 0.15) is 5.82 Å². The first kappa shape index (κ1) is 30.2. The molecule has 0 aliphatic carbocycles. The van der Waals surface area contributed by atoms with Gasteiger partial charge in [-0.25, -0.2) is 9.78 Å². The minimum Gasteiger partial charge on any atom is -0.393 e. The van der Waals surface area contributed by atoms with Crippen molar-refractivity contribution in [3.8, 4) is 0 Å². The Bertz CT molecular complexity index is 1530. The van der Waals surface area contributed by atoms with E-state index >= 15 is 0 Å². The number of anilines is 3. The maximum absolute atomic E-state index is 13.1. The second-order valence-electron chi connectivity index (χ2n) is 10.9. The van der Waals surface area contributed by atoms with Crippen LogP contribution in [-0.2, 0) is 11.2 Å². The number of piperidine rings is 1. The average Bonchev–Trinajstić information content (AvgIpc) is 3.46. The van der Waals surface area contributed by atoms with Crippen LogP contribution >= 0.6 is 0 Å². The summed E-state index contributed by atoms with van der Waals surface area (Å²) in [5, 5.41) is 16.3. The zero-order valence-corrected chi connectivity index (χ0v) is 24.8. The molecule has 2 aromatic heterocycles. The SMILES string of the molecule is CNC(=O)n1ccc2cc(N(CCCOC)c3ccnc(NC(=O)c4ccc(CCN5CCC(O)CC5)cc4)c3)ccc21. The highest BCUT2D eigenvalue weighted by molar-refractivity contribution is 6.04. The number of benzene rings is 2. The first-order valence-electron chi connectivity index (χ1n) is 14.8. The summed E-state index contributed by atoms with van der Waals surface area (Å²) in [6.45, 7) is 4.10. The first-order chi connectivity index (χ1) is 20.9. The molecule has 3 N–H and O–H groups in total. The van der Waals surface area contributed by atoms with Crippen molar-refractivity contribution in [2.75, 3.05) is 57.2 Å². The van der Waals surface area contributed by atoms with Crippen LogP contribution in [0.5, 0.6) is 0 Å². The molecular weight excluding hydrogens is 544 g/mol. The van der Waals surface area contributed by atoms with Gasteiger partial charge in [-0.3, -0.25) is 9.36 Å². The maximum Gasteiger partial charge on any atom is 0.325 e. The molecule has 1 fully saturated rings. The van der Waals surface area contributed by atoms with Crippen LogP contribution in [0.4, 0.5) is 22.0 Å². The molecular formula is C33H40N6O4. The Hall–Kier alpha value is -4.25. The zero-order chi connectivity index (χ0) is 30.2. The van der Waals surface area contributed by atoms with Gasteiger partial charge in [0.2, 0.25) is 0 Å². The summed E-state index contributed by atoms with van der Waals surface area (Å²) in [6, 6.07) is 19.2. The van der Waals surface area contributed by atoms with Crippen LogP contribution in [0.25, 0.3) is 10.9 Å². The number of aromatic nitrogens is 2. The fraction of sp³-hybridized carbons (Fsp3) is 0.364. The number of carbonyl (C=O) groups is 2. The number of pyridine rings is 1. The zero-order valence-electron chi connectivity index (χ0n) is 24.8. The number of rotatable bonds is 11. The molecule has 2 amide bonds. The van der Waals surface area contributed by atoms with E-state index < -0.39 is 0 Å².